The van der Waals surface area contributed by atoms with Gasteiger partial charge in [-0.1, -0.05) is 38.8 Å². The molecule has 0 spiro atoms. The first kappa shape index (κ1) is 21.2. The van der Waals surface area contributed by atoms with Crippen LogP contribution in [-0.2, 0) is 4.79 Å². The minimum absolute atomic E-state index is 0.0246. The number of nitrogens with one attached hydrogen (secondary N) is 1. The Labute approximate surface area is 161 Å². The summed E-state index contributed by atoms with van der Waals surface area (Å²) in [4.78, 5) is 26.4. The van der Waals surface area contributed by atoms with E-state index < -0.39 is 17.7 Å². The monoisotopic (exact) mass is 376 g/mol. The molecule has 0 aromatic heterocycles. The summed E-state index contributed by atoms with van der Waals surface area (Å²) in [6.07, 6.45) is 1.87. The van der Waals surface area contributed by atoms with Crippen LogP contribution < -0.4 is 10.1 Å². The van der Waals surface area contributed by atoms with Gasteiger partial charge in [-0.3, -0.25) is 9.69 Å². The third-order valence-corrected chi connectivity index (χ3v) is 5.29. The van der Waals surface area contributed by atoms with Gasteiger partial charge in [0.1, 0.15) is 24.0 Å². The topological polar surface area (TPSA) is 78.9 Å². The zero-order chi connectivity index (χ0) is 20.2. The number of nitrogens with zero attached hydrogens (tertiary/aromatic N) is 1. The van der Waals surface area contributed by atoms with Crippen molar-refractivity contribution >= 4 is 11.9 Å². The van der Waals surface area contributed by atoms with Crippen molar-refractivity contribution in [1.29, 1.82) is 0 Å². The van der Waals surface area contributed by atoms with Gasteiger partial charge in [-0.15, -0.1) is 0 Å². The molecule has 150 valence electrons. The molecule has 0 aliphatic carbocycles. The number of carbonyl (C=O) groups excluding carboxylic acids is 2. The van der Waals surface area contributed by atoms with E-state index in [0.29, 0.717) is 12.8 Å². The molecule has 1 aromatic rings. The van der Waals surface area contributed by atoms with Crippen molar-refractivity contribution < 1.29 is 19.4 Å². The highest BCUT2D eigenvalue weighted by Crippen LogP contribution is 2.29. The second kappa shape index (κ2) is 8.74. The number of ether oxygens (including phenoxy) is 1. The summed E-state index contributed by atoms with van der Waals surface area (Å²) in [5, 5.41) is 13.2. The normalized spacial score (nSPS) is 17.2. The van der Waals surface area contributed by atoms with Gasteiger partial charge < -0.3 is 15.2 Å². The Bertz CT molecular complexity index is 696. The molecule has 0 bridgehead atoms. The van der Waals surface area contributed by atoms with Gasteiger partial charge in [0.2, 0.25) is 0 Å². The number of hydrogen-bond acceptors (Lipinski definition) is 4. The van der Waals surface area contributed by atoms with Crippen molar-refractivity contribution in [3.63, 3.8) is 0 Å². The highest BCUT2D eigenvalue weighted by atomic mass is 16.5. The number of aliphatic hydroxyl groups excluding tert-OH is 1. The number of urea groups is 1. The Morgan fingerprint density at radius 2 is 1.70 bits per heavy atom. The molecule has 6 heteroatoms. The fourth-order valence-electron chi connectivity index (χ4n) is 3.75. The third kappa shape index (κ3) is 4.43. The van der Waals surface area contributed by atoms with Gasteiger partial charge in [-0.2, -0.15) is 0 Å². The van der Waals surface area contributed by atoms with Crippen molar-refractivity contribution in [3.8, 4) is 5.75 Å². The molecule has 3 amide bonds. The quantitative estimate of drug-likeness (QED) is 0.649. The average molecular weight is 376 g/mol. The molecule has 1 saturated heterocycles. The number of imide groups is 1. The van der Waals surface area contributed by atoms with E-state index in [0.717, 1.165) is 40.2 Å². The molecule has 2 rings (SSSR count). The molecule has 6 nitrogen and oxygen atoms in total. The smallest absolute Gasteiger partial charge is 0.325 e. The molecule has 2 N–H and O–H groups in total. The van der Waals surface area contributed by atoms with Gasteiger partial charge in [-0.05, 0) is 50.3 Å². The largest absolute Gasteiger partial charge is 0.490 e. The Morgan fingerprint density at radius 3 is 2.30 bits per heavy atom. The van der Waals surface area contributed by atoms with Crippen molar-refractivity contribution in [2.24, 2.45) is 0 Å². The van der Waals surface area contributed by atoms with Crippen molar-refractivity contribution in [3.05, 3.63) is 28.8 Å². The fraction of sp³-hybridized carbons (Fsp3) is 0.619. The van der Waals surface area contributed by atoms with Crippen LogP contribution in [0, 0.1) is 20.8 Å². The van der Waals surface area contributed by atoms with E-state index in [1.54, 1.807) is 0 Å². The van der Waals surface area contributed by atoms with E-state index in [1.807, 2.05) is 46.8 Å². The Balaban J connectivity index is 2.03. The van der Waals surface area contributed by atoms with Gasteiger partial charge in [0.05, 0.1) is 6.54 Å². The first-order valence-electron chi connectivity index (χ1n) is 9.77. The second-order valence-electron chi connectivity index (χ2n) is 7.55. The summed E-state index contributed by atoms with van der Waals surface area (Å²) >= 11 is 0. The predicted octanol–water partition coefficient (Wildman–Crippen LogP) is 3.24. The minimum atomic E-state index is -0.946. The van der Waals surface area contributed by atoms with E-state index in [-0.39, 0.29) is 19.1 Å². The summed E-state index contributed by atoms with van der Waals surface area (Å²) in [5.41, 5.74) is 2.31. The van der Waals surface area contributed by atoms with Crippen LogP contribution in [0.5, 0.6) is 5.75 Å². The molecule has 0 saturated carbocycles. The first-order valence-corrected chi connectivity index (χ1v) is 9.77. The maximum absolute atomic E-state index is 12.9. The molecule has 1 heterocycles. The van der Waals surface area contributed by atoms with Crippen LogP contribution in [0.4, 0.5) is 4.79 Å². The molecular formula is C21H32N2O4. The highest BCUT2D eigenvalue weighted by Gasteiger charge is 2.50. The van der Waals surface area contributed by atoms with Crippen LogP contribution in [0.2, 0.25) is 0 Å². The van der Waals surface area contributed by atoms with E-state index in [4.69, 9.17) is 4.74 Å². The van der Waals surface area contributed by atoms with Gasteiger partial charge in [0.15, 0.2) is 0 Å². The molecule has 0 radical (unpaired) electrons. The number of aryl methyl sites for hydroxylation is 2. The molecule has 1 aliphatic rings. The number of amides is 3. The molecule has 1 aromatic carbocycles. The van der Waals surface area contributed by atoms with Crippen LogP contribution in [-0.4, -0.2) is 46.7 Å². The molecule has 1 aliphatic heterocycles. The summed E-state index contributed by atoms with van der Waals surface area (Å²) < 4.78 is 5.82. The lowest BCUT2D eigenvalue weighted by atomic mass is 9.88. The number of carbonyl (C=O) groups is 2. The van der Waals surface area contributed by atoms with E-state index in [2.05, 4.69) is 5.32 Å². The van der Waals surface area contributed by atoms with Crippen LogP contribution >= 0.6 is 0 Å². The molecule has 1 unspecified atom stereocenters. The molecule has 1 fully saturated rings. The summed E-state index contributed by atoms with van der Waals surface area (Å²) in [5.74, 6) is 0.510. The SMILES string of the molecule is CCCC1(CCC)NC(=O)N(CC(O)COc2c(C)ccc(C)c2C)C1=O. The molecule has 1 atom stereocenters. The van der Waals surface area contributed by atoms with Crippen LogP contribution in [0.1, 0.15) is 56.2 Å². The zero-order valence-electron chi connectivity index (χ0n) is 17.1. The lowest BCUT2D eigenvalue weighted by Gasteiger charge is -2.26. The fourth-order valence-corrected chi connectivity index (χ4v) is 3.75. The van der Waals surface area contributed by atoms with Crippen LogP contribution in [0.15, 0.2) is 12.1 Å². The minimum Gasteiger partial charge on any atom is -0.490 e. The first-order chi connectivity index (χ1) is 12.8. The number of aliphatic hydroxyl groups is 1. The second-order valence-corrected chi connectivity index (χ2v) is 7.55. The highest BCUT2D eigenvalue weighted by molar-refractivity contribution is 6.07. The number of benzene rings is 1. The maximum Gasteiger partial charge on any atom is 0.325 e. The number of rotatable bonds is 9. The van der Waals surface area contributed by atoms with Gasteiger partial charge in [0, 0.05) is 0 Å². The Morgan fingerprint density at radius 1 is 1.11 bits per heavy atom. The Kier molecular flexibility index (Phi) is 6.87. The summed E-state index contributed by atoms with van der Waals surface area (Å²) in [6.45, 7) is 9.89. The van der Waals surface area contributed by atoms with Gasteiger partial charge in [0.25, 0.3) is 5.91 Å². The third-order valence-electron chi connectivity index (χ3n) is 5.29. The van der Waals surface area contributed by atoms with Crippen LogP contribution in [0.3, 0.4) is 0 Å². The maximum atomic E-state index is 12.9. The van der Waals surface area contributed by atoms with E-state index in [9.17, 15) is 14.7 Å². The summed E-state index contributed by atoms with van der Waals surface area (Å²) in [6, 6.07) is 3.58. The lowest BCUT2D eigenvalue weighted by molar-refractivity contribution is -0.133. The van der Waals surface area contributed by atoms with Crippen LogP contribution in [0.25, 0.3) is 0 Å². The Hall–Kier alpha value is -2.08. The standard InChI is InChI=1S/C21H32N2O4/c1-6-10-21(11-7-2)19(25)23(20(26)22-21)12-17(24)13-27-18-15(4)9-8-14(3)16(18)5/h8-9,17,24H,6-7,10-13H2,1-5H3,(H,22,26). The predicted molar refractivity (Wildman–Crippen MR) is 105 cm³/mol. The average Bonchev–Trinajstić information content (AvgIpc) is 2.83. The van der Waals surface area contributed by atoms with E-state index >= 15 is 0 Å². The lowest BCUT2D eigenvalue weighted by Crippen LogP contribution is -2.47. The van der Waals surface area contributed by atoms with E-state index in [1.165, 1.54) is 0 Å². The number of β-amino-alcohol motifs (C(OH)–C–C–N with tert-alkyl or cyclic N) is 1. The number of hydrogen-bond donors (Lipinski definition) is 2. The molecule has 27 heavy (non-hydrogen) atoms. The van der Waals surface area contributed by atoms with Crippen molar-refractivity contribution in [2.45, 2.75) is 71.9 Å². The van der Waals surface area contributed by atoms with Gasteiger partial charge >= 0.3 is 6.03 Å². The summed E-state index contributed by atoms with van der Waals surface area (Å²) in [7, 11) is 0. The van der Waals surface area contributed by atoms with Gasteiger partial charge in [-0.25, -0.2) is 4.79 Å². The van der Waals surface area contributed by atoms with Crippen molar-refractivity contribution in [1.82, 2.24) is 10.2 Å². The van der Waals surface area contributed by atoms with Crippen molar-refractivity contribution in [2.75, 3.05) is 13.2 Å². The zero-order valence-corrected chi connectivity index (χ0v) is 17.1. The molecular weight excluding hydrogens is 344 g/mol.